The molecule has 1 aliphatic carbocycles. The van der Waals surface area contributed by atoms with E-state index in [4.69, 9.17) is 10.5 Å². The topological polar surface area (TPSA) is 98.5 Å². The van der Waals surface area contributed by atoms with Crippen molar-refractivity contribution < 1.29 is 23.5 Å². The van der Waals surface area contributed by atoms with Gasteiger partial charge in [-0.15, -0.1) is 11.3 Å². The molecule has 8 heteroatoms. The molecule has 2 amide bonds. The first-order valence-electron chi connectivity index (χ1n) is 8.78. The van der Waals surface area contributed by atoms with E-state index in [1.54, 1.807) is 0 Å². The van der Waals surface area contributed by atoms with Crippen molar-refractivity contribution in [2.24, 2.45) is 5.73 Å². The van der Waals surface area contributed by atoms with E-state index in [1.165, 1.54) is 41.7 Å². The van der Waals surface area contributed by atoms with Crippen molar-refractivity contribution in [2.45, 2.75) is 25.7 Å². The Hall–Kier alpha value is -3.00. The van der Waals surface area contributed by atoms with Crippen LogP contribution in [0.25, 0.3) is 6.08 Å². The summed E-state index contributed by atoms with van der Waals surface area (Å²) in [6.45, 7) is -0.493. The van der Waals surface area contributed by atoms with Gasteiger partial charge in [0.25, 0.3) is 11.8 Å². The van der Waals surface area contributed by atoms with E-state index in [0.29, 0.717) is 16.1 Å². The number of rotatable bonds is 6. The van der Waals surface area contributed by atoms with Gasteiger partial charge in [-0.25, -0.2) is 9.18 Å². The Balaban J connectivity index is 1.57. The Morgan fingerprint density at radius 2 is 1.89 bits per heavy atom. The van der Waals surface area contributed by atoms with Crippen LogP contribution in [-0.4, -0.2) is 24.4 Å². The number of primary amides is 1. The molecule has 0 fully saturated rings. The molecule has 0 saturated carbocycles. The van der Waals surface area contributed by atoms with Crippen LogP contribution in [0.15, 0.2) is 30.3 Å². The minimum Gasteiger partial charge on any atom is -0.452 e. The van der Waals surface area contributed by atoms with Gasteiger partial charge in [0.1, 0.15) is 10.8 Å². The number of aryl methyl sites for hydroxylation is 1. The number of benzene rings is 1. The highest BCUT2D eigenvalue weighted by Gasteiger charge is 2.25. The lowest BCUT2D eigenvalue weighted by atomic mass is 9.95. The molecule has 0 aliphatic heterocycles. The molecular formula is C20H19FN2O4S. The van der Waals surface area contributed by atoms with Gasteiger partial charge in [0.15, 0.2) is 6.61 Å². The summed E-state index contributed by atoms with van der Waals surface area (Å²) in [6.07, 6.45) is 6.26. The van der Waals surface area contributed by atoms with Crippen molar-refractivity contribution in [3.63, 3.8) is 0 Å². The maximum Gasteiger partial charge on any atom is 0.331 e. The summed E-state index contributed by atoms with van der Waals surface area (Å²) < 4.78 is 17.7. The van der Waals surface area contributed by atoms with Crippen molar-refractivity contribution in [2.75, 3.05) is 11.9 Å². The lowest BCUT2D eigenvalue weighted by Crippen LogP contribution is -2.22. The number of nitrogens with two attached hydrogens (primary N) is 1. The second-order valence-corrected chi connectivity index (χ2v) is 7.43. The lowest BCUT2D eigenvalue weighted by molar-refractivity contribution is -0.142. The quantitative estimate of drug-likeness (QED) is 0.573. The van der Waals surface area contributed by atoms with Crippen molar-refractivity contribution in [3.8, 4) is 0 Å². The third kappa shape index (κ3) is 4.83. The Labute approximate surface area is 165 Å². The molecule has 3 N–H and O–H groups in total. The van der Waals surface area contributed by atoms with E-state index >= 15 is 0 Å². The fraction of sp³-hybridized carbons (Fsp3) is 0.250. The number of carbonyl (C=O) groups excluding carboxylic acids is 3. The predicted molar refractivity (Wildman–Crippen MR) is 105 cm³/mol. The van der Waals surface area contributed by atoms with Crippen LogP contribution in [-0.2, 0) is 27.2 Å². The summed E-state index contributed by atoms with van der Waals surface area (Å²) in [5.74, 6) is -2.21. The zero-order chi connectivity index (χ0) is 20.1. The van der Waals surface area contributed by atoms with Gasteiger partial charge in [0.05, 0.1) is 5.56 Å². The molecule has 0 radical (unpaired) electrons. The van der Waals surface area contributed by atoms with Crippen LogP contribution in [0.4, 0.5) is 9.39 Å². The molecule has 6 nitrogen and oxygen atoms in total. The average Bonchev–Trinajstić information content (AvgIpc) is 3.03. The summed E-state index contributed by atoms with van der Waals surface area (Å²) in [5.41, 5.74) is 7.38. The second-order valence-electron chi connectivity index (χ2n) is 6.32. The highest BCUT2D eigenvalue weighted by molar-refractivity contribution is 7.17. The largest absolute Gasteiger partial charge is 0.452 e. The van der Waals surface area contributed by atoms with Crippen LogP contribution < -0.4 is 11.1 Å². The van der Waals surface area contributed by atoms with E-state index in [-0.39, 0.29) is 5.82 Å². The molecule has 0 saturated heterocycles. The van der Waals surface area contributed by atoms with E-state index in [2.05, 4.69) is 5.32 Å². The molecule has 1 heterocycles. The highest BCUT2D eigenvalue weighted by Crippen LogP contribution is 2.37. The first kappa shape index (κ1) is 19.8. The smallest absolute Gasteiger partial charge is 0.331 e. The fourth-order valence-electron chi connectivity index (χ4n) is 3.00. The van der Waals surface area contributed by atoms with Crippen LogP contribution in [0.1, 0.15) is 39.2 Å². The molecule has 0 atom stereocenters. The number of hydrogen-bond donors (Lipinski definition) is 2. The molecule has 2 aromatic rings. The number of esters is 1. The monoisotopic (exact) mass is 402 g/mol. The van der Waals surface area contributed by atoms with Crippen molar-refractivity contribution in [3.05, 3.63) is 57.7 Å². The first-order chi connectivity index (χ1) is 13.4. The molecule has 0 spiro atoms. The van der Waals surface area contributed by atoms with Crippen molar-refractivity contribution in [1.82, 2.24) is 0 Å². The van der Waals surface area contributed by atoms with Crippen LogP contribution in [0, 0.1) is 5.82 Å². The maximum absolute atomic E-state index is 12.8. The standard InChI is InChI=1S/C20H19FN2O4S/c21-13-8-5-12(6-9-13)7-10-17(25)27-11-16(24)23-20-18(19(22)26)14-3-1-2-4-15(14)28-20/h5-10H,1-4,11H2,(H2,22,26)(H,23,24). The highest BCUT2D eigenvalue weighted by atomic mass is 32.1. The van der Waals surface area contributed by atoms with Gasteiger partial charge in [-0.1, -0.05) is 12.1 Å². The lowest BCUT2D eigenvalue weighted by Gasteiger charge is -2.11. The van der Waals surface area contributed by atoms with Gasteiger partial charge in [0, 0.05) is 11.0 Å². The van der Waals surface area contributed by atoms with Crippen LogP contribution in [0.2, 0.25) is 0 Å². The third-order valence-electron chi connectivity index (χ3n) is 4.30. The molecule has 146 valence electrons. The maximum atomic E-state index is 12.8. The predicted octanol–water partition coefficient (Wildman–Crippen LogP) is 3.06. The average molecular weight is 402 g/mol. The fourth-order valence-corrected chi connectivity index (χ4v) is 4.31. The summed E-state index contributed by atoms with van der Waals surface area (Å²) in [6, 6.07) is 5.57. The van der Waals surface area contributed by atoms with E-state index in [9.17, 15) is 18.8 Å². The minimum atomic E-state index is -0.708. The number of carbonyl (C=O) groups is 3. The number of thiophene rings is 1. The summed E-state index contributed by atoms with van der Waals surface area (Å²) >= 11 is 1.34. The van der Waals surface area contributed by atoms with Crippen LogP contribution >= 0.6 is 11.3 Å². The number of anilines is 1. The molecule has 3 rings (SSSR count). The molecule has 28 heavy (non-hydrogen) atoms. The normalized spacial score (nSPS) is 13.2. The van der Waals surface area contributed by atoms with Crippen molar-refractivity contribution in [1.29, 1.82) is 0 Å². The van der Waals surface area contributed by atoms with Gasteiger partial charge in [-0.3, -0.25) is 9.59 Å². The van der Waals surface area contributed by atoms with Crippen molar-refractivity contribution >= 4 is 40.2 Å². The van der Waals surface area contributed by atoms with E-state index < -0.39 is 24.4 Å². The van der Waals surface area contributed by atoms with Gasteiger partial charge >= 0.3 is 5.97 Å². The molecule has 0 bridgehead atoms. The number of nitrogens with one attached hydrogen (secondary N) is 1. The Morgan fingerprint density at radius 1 is 1.18 bits per heavy atom. The Kier molecular flexibility index (Phi) is 6.20. The molecule has 1 aromatic heterocycles. The first-order valence-corrected chi connectivity index (χ1v) is 9.60. The van der Waals surface area contributed by atoms with Gasteiger partial charge in [-0.05, 0) is 55.0 Å². The molecule has 1 aromatic carbocycles. The third-order valence-corrected chi connectivity index (χ3v) is 5.51. The van der Waals surface area contributed by atoms with Crippen LogP contribution in [0.3, 0.4) is 0 Å². The summed E-state index contributed by atoms with van der Waals surface area (Å²) in [7, 11) is 0. The van der Waals surface area contributed by atoms with E-state index in [0.717, 1.165) is 42.2 Å². The molecular weight excluding hydrogens is 383 g/mol. The van der Waals surface area contributed by atoms with E-state index in [1.807, 2.05) is 0 Å². The SMILES string of the molecule is NC(=O)c1c(NC(=O)COC(=O)C=Cc2ccc(F)cc2)sc2c1CCCC2. The molecule has 0 unspecified atom stereocenters. The number of ether oxygens (including phenoxy) is 1. The van der Waals surface area contributed by atoms with Gasteiger partial charge < -0.3 is 15.8 Å². The second kappa shape index (κ2) is 8.79. The number of fused-ring (bicyclic) bond motifs is 1. The number of hydrogen-bond acceptors (Lipinski definition) is 5. The summed E-state index contributed by atoms with van der Waals surface area (Å²) in [4.78, 5) is 36.7. The Bertz CT molecular complexity index is 934. The minimum absolute atomic E-state index is 0.357. The van der Waals surface area contributed by atoms with Crippen LogP contribution in [0.5, 0.6) is 0 Å². The van der Waals surface area contributed by atoms with Gasteiger partial charge in [0.2, 0.25) is 0 Å². The van der Waals surface area contributed by atoms with Gasteiger partial charge in [-0.2, -0.15) is 0 Å². The zero-order valence-electron chi connectivity index (χ0n) is 15.0. The zero-order valence-corrected chi connectivity index (χ0v) is 15.8. The molecule has 1 aliphatic rings. The summed E-state index contributed by atoms with van der Waals surface area (Å²) in [5, 5.41) is 3.03. The Morgan fingerprint density at radius 3 is 2.61 bits per heavy atom. The number of amides is 2. The number of halogens is 1.